The third-order valence-electron chi connectivity index (χ3n) is 3.31. The molecule has 0 saturated carbocycles. The van der Waals surface area contributed by atoms with Crippen molar-refractivity contribution in [3.8, 4) is 0 Å². The Morgan fingerprint density at radius 3 is 2.44 bits per heavy atom. The van der Waals surface area contributed by atoms with E-state index in [4.69, 9.17) is 5.14 Å². The zero-order chi connectivity index (χ0) is 17.6. The molecule has 2 rings (SSSR count). The molecule has 25 heavy (non-hydrogen) atoms. The maximum absolute atomic E-state index is 13.6. The number of halogens is 2. The van der Waals surface area contributed by atoms with Crippen LogP contribution < -0.4 is 15.8 Å². The minimum Gasteiger partial charge on any atom is -0.352 e. The summed E-state index contributed by atoms with van der Waals surface area (Å²) in [5.74, 6) is 0.181. The van der Waals surface area contributed by atoms with Crippen molar-refractivity contribution in [1.29, 1.82) is 0 Å². The predicted molar refractivity (Wildman–Crippen MR) is 107 cm³/mol. The molecule has 4 N–H and O–H groups in total. The van der Waals surface area contributed by atoms with Crippen molar-refractivity contribution in [3.05, 3.63) is 65.5 Å². The molecule has 0 heterocycles. The van der Waals surface area contributed by atoms with Crippen LogP contribution in [0.1, 0.15) is 11.1 Å². The Morgan fingerprint density at radius 2 is 1.80 bits per heavy atom. The third kappa shape index (κ3) is 6.59. The first kappa shape index (κ1) is 21.3. The van der Waals surface area contributed by atoms with Crippen LogP contribution in [-0.2, 0) is 23.1 Å². The first-order valence-electron chi connectivity index (χ1n) is 7.20. The van der Waals surface area contributed by atoms with E-state index in [0.29, 0.717) is 18.1 Å². The lowest BCUT2D eigenvalue weighted by Crippen LogP contribution is -2.36. The van der Waals surface area contributed by atoms with E-state index in [2.05, 4.69) is 15.6 Å². The summed E-state index contributed by atoms with van der Waals surface area (Å²) in [4.78, 5) is 4.10. The van der Waals surface area contributed by atoms with Crippen LogP contribution in [0.15, 0.2) is 58.4 Å². The summed E-state index contributed by atoms with van der Waals surface area (Å²) in [5, 5.41) is 11.1. The van der Waals surface area contributed by atoms with Gasteiger partial charge in [0.1, 0.15) is 5.82 Å². The summed E-state index contributed by atoms with van der Waals surface area (Å²) in [5.41, 5.74) is 1.26. The quantitative estimate of drug-likeness (QED) is 0.348. The number of benzene rings is 2. The van der Waals surface area contributed by atoms with Crippen molar-refractivity contribution in [1.82, 2.24) is 10.6 Å². The summed E-state index contributed by atoms with van der Waals surface area (Å²) in [6.07, 6.45) is 0. The molecule has 0 aliphatic rings. The number of nitrogens with two attached hydrogens (primary N) is 1. The van der Waals surface area contributed by atoms with Gasteiger partial charge >= 0.3 is 0 Å². The smallest absolute Gasteiger partial charge is 0.238 e. The van der Waals surface area contributed by atoms with E-state index in [0.717, 1.165) is 5.56 Å². The molecule has 0 aliphatic heterocycles. The standard InChI is InChI=1S/C16H19FN4O2S.HI/c1-19-16(21-11-13-6-2-3-8-15(13)17)20-10-12-5-4-7-14(9-12)24(18,22)23;/h2-9H,10-11H2,1H3,(H2,18,22,23)(H2,19,20,21);1H. The number of aliphatic imine (C=N–C) groups is 1. The molecule has 0 unspecified atom stereocenters. The number of hydrogen-bond acceptors (Lipinski definition) is 3. The Morgan fingerprint density at radius 1 is 1.12 bits per heavy atom. The zero-order valence-electron chi connectivity index (χ0n) is 13.6. The number of primary sulfonamides is 1. The average Bonchev–Trinajstić information content (AvgIpc) is 2.56. The maximum Gasteiger partial charge on any atom is 0.238 e. The van der Waals surface area contributed by atoms with Gasteiger partial charge in [0.15, 0.2) is 5.96 Å². The van der Waals surface area contributed by atoms with Gasteiger partial charge in [0, 0.05) is 25.7 Å². The normalized spacial score (nSPS) is 11.6. The minimum atomic E-state index is -3.74. The number of rotatable bonds is 5. The average molecular weight is 478 g/mol. The second-order valence-electron chi connectivity index (χ2n) is 5.06. The molecule has 136 valence electrons. The van der Waals surface area contributed by atoms with Crippen LogP contribution >= 0.6 is 24.0 Å². The van der Waals surface area contributed by atoms with Crippen LogP contribution in [0.4, 0.5) is 4.39 Å². The summed E-state index contributed by atoms with van der Waals surface area (Å²) >= 11 is 0. The molecule has 2 aromatic carbocycles. The van der Waals surface area contributed by atoms with Gasteiger partial charge in [-0.15, -0.1) is 24.0 Å². The predicted octanol–water partition coefficient (Wildman–Crippen LogP) is 1.96. The Balaban J connectivity index is 0.00000312. The van der Waals surface area contributed by atoms with Gasteiger partial charge in [-0.25, -0.2) is 17.9 Å². The molecule has 2 aromatic rings. The molecule has 0 atom stereocenters. The van der Waals surface area contributed by atoms with Crippen LogP contribution in [-0.4, -0.2) is 21.4 Å². The maximum atomic E-state index is 13.6. The van der Waals surface area contributed by atoms with Crippen LogP contribution in [0.5, 0.6) is 0 Å². The largest absolute Gasteiger partial charge is 0.352 e. The molecular weight excluding hydrogens is 458 g/mol. The van der Waals surface area contributed by atoms with Gasteiger partial charge in [-0.1, -0.05) is 30.3 Å². The van der Waals surface area contributed by atoms with Crippen molar-refractivity contribution in [3.63, 3.8) is 0 Å². The first-order chi connectivity index (χ1) is 11.4. The van der Waals surface area contributed by atoms with E-state index >= 15 is 0 Å². The molecule has 0 spiro atoms. The lowest BCUT2D eigenvalue weighted by Gasteiger charge is -2.12. The zero-order valence-corrected chi connectivity index (χ0v) is 16.7. The fraction of sp³-hybridized carbons (Fsp3) is 0.188. The molecule has 0 aliphatic carbocycles. The number of hydrogen-bond donors (Lipinski definition) is 3. The van der Waals surface area contributed by atoms with E-state index in [9.17, 15) is 12.8 Å². The lowest BCUT2D eigenvalue weighted by atomic mass is 10.2. The monoisotopic (exact) mass is 478 g/mol. The van der Waals surface area contributed by atoms with E-state index in [1.807, 2.05) is 0 Å². The highest BCUT2D eigenvalue weighted by Gasteiger charge is 2.08. The molecule has 0 bridgehead atoms. The van der Waals surface area contributed by atoms with Crippen molar-refractivity contribution in [2.75, 3.05) is 7.05 Å². The summed E-state index contributed by atoms with van der Waals surface area (Å²) in [7, 11) is -2.14. The molecule has 0 amide bonds. The number of nitrogens with one attached hydrogen (secondary N) is 2. The van der Waals surface area contributed by atoms with E-state index in [-0.39, 0.29) is 41.2 Å². The van der Waals surface area contributed by atoms with E-state index in [1.165, 1.54) is 18.2 Å². The van der Waals surface area contributed by atoms with E-state index in [1.54, 1.807) is 37.4 Å². The summed E-state index contributed by atoms with van der Waals surface area (Å²) in [6.45, 7) is 0.629. The number of sulfonamides is 1. The van der Waals surface area contributed by atoms with Gasteiger partial charge in [0.25, 0.3) is 0 Å². The molecule has 0 fully saturated rings. The summed E-state index contributed by atoms with van der Waals surface area (Å²) in [6, 6.07) is 12.8. The highest BCUT2D eigenvalue weighted by Crippen LogP contribution is 2.09. The fourth-order valence-electron chi connectivity index (χ4n) is 2.06. The van der Waals surface area contributed by atoms with Gasteiger partial charge in [-0.3, -0.25) is 4.99 Å². The second kappa shape index (κ2) is 9.68. The van der Waals surface area contributed by atoms with Gasteiger partial charge in [0.2, 0.25) is 10.0 Å². The SMILES string of the molecule is CN=C(NCc1cccc(S(N)(=O)=O)c1)NCc1ccccc1F.I. The Kier molecular flexibility index (Phi) is 8.26. The lowest BCUT2D eigenvalue weighted by molar-refractivity contribution is 0.597. The molecule has 0 saturated heterocycles. The second-order valence-corrected chi connectivity index (χ2v) is 6.62. The van der Waals surface area contributed by atoms with Crippen molar-refractivity contribution in [2.45, 2.75) is 18.0 Å². The van der Waals surface area contributed by atoms with Crippen molar-refractivity contribution >= 4 is 40.0 Å². The van der Waals surface area contributed by atoms with E-state index < -0.39 is 10.0 Å². The Hall–Kier alpha value is -1.72. The highest BCUT2D eigenvalue weighted by molar-refractivity contribution is 14.0. The van der Waals surface area contributed by atoms with Crippen molar-refractivity contribution in [2.24, 2.45) is 10.1 Å². The molecule has 9 heteroatoms. The van der Waals surface area contributed by atoms with Crippen LogP contribution in [0, 0.1) is 5.82 Å². The third-order valence-corrected chi connectivity index (χ3v) is 4.23. The molecule has 0 radical (unpaired) electrons. The Labute approximate surface area is 163 Å². The molecule has 6 nitrogen and oxygen atoms in total. The summed E-state index contributed by atoms with van der Waals surface area (Å²) < 4.78 is 36.3. The van der Waals surface area contributed by atoms with Crippen molar-refractivity contribution < 1.29 is 12.8 Å². The number of nitrogens with zero attached hydrogens (tertiary/aromatic N) is 1. The molecular formula is C16H20FIN4O2S. The van der Waals surface area contributed by atoms with Gasteiger partial charge < -0.3 is 10.6 Å². The topological polar surface area (TPSA) is 96.6 Å². The minimum absolute atomic E-state index is 0. The molecule has 0 aromatic heterocycles. The number of guanidine groups is 1. The van der Waals surface area contributed by atoms with Gasteiger partial charge in [-0.05, 0) is 23.8 Å². The van der Waals surface area contributed by atoms with Crippen LogP contribution in [0.3, 0.4) is 0 Å². The van der Waals surface area contributed by atoms with Crippen LogP contribution in [0.2, 0.25) is 0 Å². The highest BCUT2D eigenvalue weighted by atomic mass is 127. The fourth-order valence-corrected chi connectivity index (χ4v) is 2.64. The van der Waals surface area contributed by atoms with Crippen LogP contribution in [0.25, 0.3) is 0 Å². The van der Waals surface area contributed by atoms with Gasteiger partial charge in [0.05, 0.1) is 4.90 Å². The Bertz CT molecular complexity index is 844. The first-order valence-corrected chi connectivity index (χ1v) is 8.74. The van der Waals surface area contributed by atoms with Gasteiger partial charge in [-0.2, -0.15) is 0 Å².